The fourth-order valence-corrected chi connectivity index (χ4v) is 2.58. The van der Waals surface area contributed by atoms with Crippen molar-refractivity contribution in [1.82, 2.24) is 4.98 Å². The van der Waals surface area contributed by atoms with Crippen LogP contribution in [0.15, 0.2) is 30.5 Å². The molecule has 0 spiro atoms. The molecule has 0 saturated heterocycles. The number of hydrogen-bond acceptors (Lipinski definition) is 5. The number of methoxy groups -OCH3 is 2. The molecule has 0 saturated carbocycles. The highest BCUT2D eigenvalue weighted by atomic mass is 35.5. The zero-order valence-corrected chi connectivity index (χ0v) is 13.1. The predicted octanol–water partition coefficient (Wildman–Crippen LogP) is 2.64. The molecular weight excluding hydrogens is 290 g/mol. The van der Waals surface area contributed by atoms with Crippen LogP contribution in [0.25, 0.3) is 10.9 Å². The standard InChI is InChI=1S/C15H20ClN3O2/c1-15(9-17,14(20-2)21-3)19-12-7-6-11(16)10-5-4-8-18-13(10)12/h4-8,14,19H,9,17H2,1-3H3. The third kappa shape index (κ3) is 3.11. The van der Waals surface area contributed by atoms with Crippen molar-refractivity contribution in [3.05, 3.63) is 35.5 Å². The van der Waals surface area contributed by atoms with E-state index in [0.29, 0.717) is 11.6 Å². The second-order valence-corrected chi connectivity index (χ2v) is 5.45. The van der Waals surface area contributed by atoms with Gasteiger partial charge in [0.2, 0.25) is 0 Å². The van der Waals surface area contributed by atoms with E-state index in [4.69, 9.17) is 26.8 Å². The zero-order chi connectivity index (χ0) is 15.5. The summed E-state index contributed by atoms with van der Waals surface area (Å²) in [5.74, 6) is 0. The van der Waals surface area contributed by atoms with Crippen molar-refractivity contribution in [2.75, 3.05) is 26.1 Å². The van der Waals surface area contributed by atoms with Gasteiger partial charge in [-0.25, -0.2) is 0 Å². The van der Waals surface area contributed by atoms with Crippen LogP contribution in [0, 0.1) is 0 Å². The number of halogens is 1. The van der Waals surface area contributed by atoms with Crippen molar-refractivity contribution in [1.29, 1.82) is 0 Å². The van der Waals surface area contributed by atoms with Crippen LogP contribution in [-0.4, -0.2) is 37.6 Å². The Labute approximate surface area is 129 Å². The largest absolute Gasteiger partial charge is 0.372 e. The molecule has 1 unspecified atom stereocenters. The quantitative estimate of drug-likeness (QED) is 0.803. The number of pyridine rings is 1. The molecule has 1 aromatic heterocycles. The Morgan fingerprint density at radius 1 is 1.33 bits per heavy atom. The smallest absolute Gasteiger partial charge is 0.180 e. The van der Waals surface area contributed by atoms with E-state index in [2.05, 4.69) is 10.3 Å². The summed E-state index contributed by atoms with van der Waals surface area (Å²) in [6.07, 6.45) is 1.24. The number of anilines is 1. The van der Waals surface area contributed by atoms with Crippen LogP contribution in [0.3, 0.4) is 0 Å². The molecule has 0 bridgehead atoms. The fourth-order valence-electron chi connectivity index (χ4n) is 2.37. The van der Waals surface area contributed by atoms with E-state index in [1.165, 1.54) is 0 Å². The molecule has 114 valence electrons. The number of ether oxygens (including phenoxy) is 2. The van der Waals surface area contributed by atoms with Crippen LogP contribution in [-0.2, 0) is 9.47 Å². The van der Waals surface area contributed by atoms with E-state index >= 15 is 0 Å². The van der Waals surface area contributed by atoms with Gasteiger partial charge in [-0.1, -0.05) is 11.6 Å². The van der Waals surface area contributed by atoms with E-state index in [1.54, 1.807) is 20.4 Å². The Bertz CT molecular complexity index is 619. The van der Waals surface area contributed by atoms with E-state index < -0.39 is 11.8 Å². The van der Waals surface area contributed by atoms with Gasteiger partial charge in [-0.2, -0.15) is 0 Å². The molecule has 0 aliphatic rings. The Morgan fingerprint density at radius 3 is 2.67 bits per heavy atom. The van der Waals surface area contributed by atoms with Crippen molar-refractivity contribution in [3.8, 4) is 0 Å². The summed E-state index contributed by atoms with van der Waals surface area (Å²) in [6, 6.07) is 7.50. The second kappa shape index (κ2) is 6.58. The Kier molecular flexibility index (Phi) is 5.00. The Balaban J connectivity index is 2.45. The van der Waals surface area contributed by atoms with E-state index in [-0.39, 0.29) is 0 Å². The number of nitrogens with two attached hydrogens (primary N) is 1. The maximum absolute atomic E-state index is 6.21. The molecule has 2 aromatic rings. The van der Waals surface area contributed by atoms with Crippen LogP contribution < -0.4 is 11.1 Å². The first-order chi connectivity index (χ1) is 10.1. The lowest BCUT2D eigenvalue weighted by Crippen LogP contribution is -2.54. The SMILES string of the molecule is COC(OC)C(C)(CN)Nc1ccc(Cl)c2cccnc12. The average molecular weight is 310 g/mol. The van der Waals surface area contributed by atoms with Crippen LogP contribution in [0.1, 0.15) is 6.92 Å². The lowest BCUT2D eigenvalue weighted by Gasteiger charge is -2.36. The molecule has 21 heavy (non-hydrogen) atoms. The molecule has 6 heteroatoms. The molecule has 1 aromatic carbocycles. The summed E-state index contributed by atoms with van der Waals surface area (Å²) in [7, 11) is 3.17. The maximum atomic E-state index is 6.21. The molecule has 5 nitrogen and oxygen atoms in total. The topological polar surface area (TPSA) is 69.4 Å². The molecule has 1 heterocycles. The summed E-state index contributed by atoms with van der Waals surface area (Å²) in [5.41, 5.74) is 6.94. The van der Waals surface area contributed by atoms with Crippen molar-refractivity contribution in [3.63, 3.8) is 0 Å². The number of nitrogens with one attached hydrogen (secondary N) is 1. The van der Waals surface area contributed by atoms with Crippen molar-refractivity contribution < 1.29 is 9.47 Å². The van der Waals surface area contributed by atoms with Gasteiger partial charge in [0.25, 0.3) is 0 Å². The lowest BCUT2D eigenvalue weighted by atomic mass is 10.0. The van der Waals surface area contributed by atoms with Gasteiger partial charge in [0.1, 0.15) is 0 Å². The van der Waals surface area contributed by atoms with Crippen LogP contribution in [0.5, 0.6) is 0 Å². The van der Waals surface area contributed by atoms with E-state index in [1.807, 2.05) is 31.2 Å². The number of nitrogens with zero attached hydrogens (tertiary/aromatic N) is 1. The monoisotopic (exact) mass is 309 g/mol. The predicted molar refractivity (Wildman–Crippen MR) is 85.6 cm³/mol. The van der Waals surface area contributed by atoms with Gasteiger partial charge in [0.15, 0.2) is 6.29 Å². The first-order valence-electron chi connectivity index (χ1n) is 6.63. The first kappa shape index (κ1) is 16.0. The van der Waals surface area contributed by atoms with Gasteiger partial charge in [-0.05, 0) is 31.2 Å². The molecule has 3 N–H and O–H groups in total. The molecule has 0 radical (unpaired) electrons. The van der Waals surface area contributed by atoms with Crippen LogP contribution >= 0.6 is 11.6 Å². The lowest BCUT2D eigenvalue weighted by molar-refractivity contribution is -0.134. The van der Waals surface area contributed by atoms with Crippen molar-refractivity contribution >= 4 is 28.2 Å². The third-order valence-corrected chi connectivity index (χ3v) is 3.84. The van der Waals surface area contributed by atoms with Gasteiger partial charge in [0, 0.05) is 32.3 Å². The normalized spacial score (nSPS) is 14.4. The second-order valence-electron chi connectivity index (χ2n) is 5.04. The molecule has 0 aliphatic heterocycles. The number of fused-ring (bicyclic) bond motifs is 1. The maximum Gasteiger partial charge on any atom is 0.180 e. The summed E-state index contributed by atoms with van der Waals surface area (Å²) in [4.78, 5) is 4.40. The molecule has 1 atom stereocenters. The number of rotatable bonds is 6. The molecule has 0 amide bonds. The number of aromatic nitrogens is 1. The minimum absolute atomic E-state index is 0.330. The van der Waals surface area contributed by atoms with Gasteiger partial charge < -0.3 is 20.5 Å². The molecule has 0 fully saturated rings. The van der Waals surface area contributed by atoms with E-state index in [9.17, 15) is 0 Å². The Hall–Kier alpha value is -1.40. The highest BCUT2D eigenvalue weighted by Crippen LogP contribution is 2.30. The van der Waals surface area contributed by atoms with Gasteiger partial charge in [-0.15, -0.1) is 0 Å². The summed E-state index contributed by atoms with van der Waals surface area (Å²) < 4.78 is 10.7. The van der Waals surface area contributed by atoms with Crippen LogP contribution in [0.4, 0.5) is 5.69 Å². The minimum Gasteiger partial charge on any atom is -0.372 e. The third-order valence-electron chi connectivity index (χ3n) is 3.51. The van der Waals surface area contributed by atoms with Gasteiger partial charge in [-0.3, -0.25) is 4.98 Å². The number of hydrogen-bond donors (Lipinski definition) is 2. The van der Waals surface area contributed by atoms with Crippen molar-refractivity contribution in [2.24, 2.45) is 5.73 Å². The highest BCUT2D eigenvalue weighted by molar-refractivity contribution is 6.35. The Morgan fingerprint density at radius 2 is 2.05 bits per heavy atom. The highest BCUT2D eigenvalue weighted by Gasteiger charge is 2.34. The molecule has 0 aliphatic carbocycles. The number of benzene rings is 1. The van der Waals surface area contributed by atoms with Gasteiger partial charge in [0.05, 0.1) is 21.8 Å². The zero-order valence-electron chi connectivity index (χ0n) is 12.4. The minimum atomic E-state index is -0.595. The van der Waals surface area contributed by atoms with Crippen LogP contribution in [0.2, 0.25) is 5.02 Å². The first-order valence-corrected chi connectivity index (χ1v) is 7.00. The molecule has 2 rings (SSSR count). The average Bonchev–Trinajstić information content (AvgIpc) is 2.51. The van der Waals surface area contributed by atoms with Gasteiger partial charge >= 0.3 is 0 Å². The van der Waals surface area contributed by atoms with E-state index in [0.717, 1.165) is 16.6 Å². The fraction of sp³-hybridized carbons (Fsp3) is 0.400. The summed E-state index contributed by atoms with van der Waals surface area (Å²) in [6.45, 7) is 2.27. The summed E-state index contributed by atoms with van der Waals surface area (Å²) >= 11 is 6.21. The molecular formula is C15H20ClN3O2. The summed E-state index contributed by atoms with van der Waals surface area (Å²) in [5, 5.41) is 4.93. The van der Waals surface area contributed by atoms with Crippen molar-refractivity contribution in [2.45, 2.75) is 18.8 Å².